The summed E-state index contributed by atoms with van der Waals surface area (Å²) in [6, 6.07) is 12.7. The second kappa shape index (κ2) is 8.06. The van der Waals surface area contributed by atoms with E-state index in [1.807, 2.05) is 56.3 Å². The van der Waals surface area contributed by atoms with E-state index in [4.69, 9.17) is 0 Å². The van der Waals surface area contributed by atoms with Gasteiger partial charge < -0.3 is 10.4 Å². The summed E-state index contributed by atoms with van der Waals surface area (Å²) in [4.78, 5) is 53.4. The van der Waals surface area contributed by atoms with Crippen LogP contribution < -0.4 is 10.6 Å². The summed E-state index contributed by atoms with van der Waals surface area (Å²) in [5.41, 5.74) is 2.85. The SMILES string of the molecule is Cc1ccc2c(c1C)NC(=O)[C@@]21N[C@H](CCC(=O)O)[C@H]2C(=O)N(CCc3ccccc3)C(=O)[C@@H]21. The van der Waals surface area contributed by atoms with Gasteiger partial charge in [-0.2, -0.15) is 0 Å². The number of nitrogens with zero attached hydrogens (tertiary/aromatic N) is 1. The molecular formula is C26H27N3O5. The van der Waals surface area contributed by atoms with E-state index in [0.29, 0.717) is 17.7 Å². The minimum absolute atomic E-state index is 0.150. The first-order valence-corrected chi connectivity index (χ1v) is 11.6. The lowest BCUT2D eigenvalue weighted by Crippen LogP contribution is -2.53. The van der Waals surface area contributed by atoms with Crippen LogP contribution in [0.2, 0.25) is 0 Å². The number of likely N-dealkylation sites (tertiary alicyclic amines) is 1. The van der Waals surface area contributed by atoms with Crippen LogP contribution in [0.5, 0.6) is 0 Å². The first-order chi connectivity index (χ1) is 16.3. The second-order valence-electron chi connectivity index (χ2n) is 9.44. The van der Waals surface area contributed by atoms with Gasteiger partial charge in [-0.3, -0.25) is 29.4 Å². The third-order valence-corrected chi connectivity index (χ3v) is 7.65. The van der Waals surface area contributed by atoms with Crippen molar-refractivity contribution in [3.63, 3.8) is 0 Å². The normalized spacial score (nSPS) is 27.3. The van der Waals surface area contributed by atoms with Crippen LogP contribution in [0, 0.1) is 25.7 Å². The predicted molar refractivity (Wildman–Crippen MR) is 124 cm³/mol. The van der Waals surface area contributed by atoms with Gasteiger partial charge in [0.25, 0.3) is 0 Å². The molecule has 8 nitrogen and oxygen atoms in total. The lowest BCUT2D eigenvalue weighted by atomic mass is 9.76. The zero-order chi connectivity index (χ0) is 24.2. The average molecular weight is 462 g/mol. The van der Waals surface area contributed by atoms with Crippen molar-refractivity contribution >= 4 is 29.4 Å². The molecule has 4 atom stereocenters. The summed E-state index contributed by atoms with van der Waals surface area (Å²) >= 11 is 0. The largest absolute Gasteiger partial charge is 0.481 e. The molecule has 0 aliphatic carbocycles. The first kappa shape index (κ1) is 22.3. The summed E-state index contributed by atoms with van der Waals surface area (Å²) in [5, 5.41) is 15.5. The molecule has 8 heteroatoms. The molecule has 0 bridgehead atoms. The third-order valence-electron chi connectivity index (χ3n) is 7.65. The van der Waals surface area contributed by atoms with Gasteiger partial charge in [-0.05, 0) is 43.4 Å². The van der Waals surface area contributed by atoms with Gasteiger partial charge in [-0.1, -0.05) is 42.5 Å². The van der Waals surface area contributed by atoms with Gasteiger partial charge in [0.1, 0.15) is 5.54 Å². The van der Waals surface area contributed by atoms with E-state index in [1.54, 1.807) is 0 Å². The molecule has 3 aliphatic rings. The molecule has 176 valence electrons. The van der Waals surface area contributed by atoms with Crippen LogP contribution in [0.15, 0.2) is 42.5 Å². The van der Waals surface area contributed by atoms with Crippen LogP contribution in [-0.4, -0.2) is 46.3 Å². The predicted octanol–water partition coefficient (Wildman–Crippen LogP) is 2.13. The van der Waals surface area contributed by atoms with Gasteiger partial charge in [0, 0.05) is 30.3 Å². The number of hydrogen-bond donors (Lipinski definition) is 3. The fourth-order valence-electron chi connectivity index (χ4n) is 5.81. The number of benzene rings is 2. The minimum Gasteiger partial charge on any atom is -0.481 e. The Hall–Kier alpha value is -3.52. The van der Waals surface area contributed by atoms with Crippen LogP contribution in [-0.2, 0) is 31.1 Å². The van der Waals surface area contributed by atoms with Crippen molar-refractivity contribution in [1.82, 2.24) is 10.2 Å². The lowest BCUT2D eigenvalue weighted by molar-refractivity contribution is -0.143. The number of aliphatic carboxylic acids is 1. The Kier molecular flexibility index (Phi) is 5.28. The smallest absolute Gasteiger partial charge is 0.303 e. The number of rotatable bonds is 6. The van der Waals surface area contributed by atoms with Gasteiger partial charge in [0.15, 0.2) is 0 Å². The molecule has 0 radical (unpaired) electrons. The quantitative estimate of drug-likeness (QED) is 0.568. The molecule has 0 unspecified atom stereocenters. The number of carboxylic acids is 1. The zero-order valence-corrected chi connectivity index (χ0v) is 19.1. The Labute approximate surface area is 197 Å². The van der Waals surface area contributed by atoms with Crippen molar-refractivity contribution < 1.29 is 24.3 Å². The summed E-state index contributed by atoms with van der Waals surface area (Å²) < 4.78 is 0. The van der Waals surface area contributed by atoms with Crippen molar-refractivity contribution in [3.8, 4) is 0 Å². The average Bonchev–Trinajstić information content (AvgIpc) is 3.39. The van der Waals surface area contributed by atoms with Gasteiger partial charge >= 0.3 is 5.97 Å². The molecule has 34 heavy (non-hydrogen) atoms. The molecule has 3 amide bonds. The van der Waals surface area contributed by atoms with Gasteiger partial charge in [-0.15, -0.1) is 0 Å². The van der Waals surface area contributed by atoms with Crippen LogP contribution in [0.3, 0.4) is 0 Å². The number of fused-ring (bicyclic) bond motifs is 4. The Bertz CT molecular complexity index is 1210. The van der Waals surface area contributed by atoms with Gasteiger partial charge in [-0.25, -0.2) is 0 Å². The number of amides is 3. The molecule has 1 spiro atoms. The molecule has 2 saturated heterocycles. The Morgan fingerprint density at radius 3 is 2.50 bits per heavy atom. The van der Waals surface area contributed by atoms with E-state index >= 15 is 0 Å². The molecule has 5 rings (SSSR count). The van der Waals surface area contributed by atoms with Crippen LogP contribution in [0.4, 0.5) is 5.69 Å². The number of carbonyl (C=O) groups is 4. The molecular weight excluding hydrogens is 434 g/mol. The molecule has 2 aromatic rings. The highest BCUT2D eigenvalue weighted by atomic mass is 16.4. The Morgan fingerprint density at radius 2 is 1.79 bits per heavy atom. The van der Waals surface area contributed by atoms with E-state index in [1.165, 1.54) is 4.90 Å². The number of aryl methyl sites for hydroxylation is 1. The molecule has 0 saturated carbocycles. The second-order valence-corrected chi connectivity index (χ2v) is 9.44. The highest BCUT2D eigenvalue weighted by Gasteiger charge is 2.70. The topological polar surface area (TPSA) is 116 Å². The highest BCUT2D eigenvalue weighted by molar-refractivity contribution is 6.15. The monoisotopic (exact) mass is 461 g/mol. The van der Waals surface area contributed by atoms with E-state index < -0.39 is 29.4 Å². The number of nitrogens with one attached hydrogen (secondary N) is 2. The Balaban J connectivity index is 1.55. The van der Waals surface area contributed by atoms with Crippen molar-refractivity contribution in [2.45, 2.75) is 44.7 Å². The molecule has 0 aromatic heterocycles. The van der Waals surface area contributed by atoms with Gasteiger partial charge in [0.05, 0.1) is 11.8 Å². The molecule has 3 heterocycles. The van der Waals surface area contributed by atoms with Gasteiger partial charge in [0.2, 0.25) is 17.7 Å². The van der Waals surface area contributed by atoms with Crippen molar-refractivity contribution in [2.24, 2.45) is 11.8 Å². The third kappa shape index (κ3) is 3.16. The first-order valence-electron chi connectivity index (χ1n) is 11.6. The summed E-state index contributed by atoms with van der Waals surface area (Å²) in [7, 11) is 0. The van der Waals surface area contributed by atoms with Crippen LogP contribution in [0.25, 0.3) is 0 Å². The molecule has 3 aliphatic heterocycles. The number of hydrogen-bond acceptors (Lipinski definition) is 5. The van der Waals surface area contributed by atoms with Crippen molar-refractivity contribution in [3.05, 3.63) is 64.7 Å². The fraction of sp³-hybridized carbons (Fsp3) is 0.385. The fourth-order valence-corrected chi connectivity index (χ4v) is 5.81. The standard InChI is InChI=1S/C26H27N3O5/c1-14-8-9-17-22(15(14)2)27-25(34)26(17)21-20(18(28-26)10-11-19(30)31)23(32)29(24(21)33)13-12-16-6-4-3-5-7-16/h3-9,18,20-21,28H,10-13H2,1-2H3,(H,27,34)(H,30,31)/t18-,20-,21-,26-/m1/s1. The maximum Gasteiger partial charge on any atom is 0.303 e. The Morgan fingerprint density at radius 1 is 1.06 bits per heavy atom. The zero-order valence-electron chi connectivity index (χ0n) is 19.1. The maximum absolute atomic E-state index is 13.7. The van der Waals surface area contributed by atoms with E-state index in [-0.39, 0.29) is 37.1 Å². The summed E-state index contributed by atoms with van der Waals surface area (Å²) in [6.45, 7) is 4.08. The van der Waals surface area contributed by atoms with Crippen LogP contribution in [0.1, 0.15) is 35.1 Å². The number of carbonyl (C=O) groups excluding carboxylic acids is 3. The minimum atomic E-state index is -1.39. The van der Waals surface area contributed by atoms with Crippen molar-refractivity contribution in [2.75, 3.05) is 11.9 Å². The lowest BCUT2D eigenvalue weighted by Gasteiger charge is -2.29. The summed E-state index contributed by atoms with van der Waals surface area (Å²) in [5.74, 6) is -3.78. The molecule has 3 N–H and O–H groups in total. The number of imide groups is 1. The van der Waals surface area contributed by atoms with E-state index in [0.717, 1.165) is 16.7 Å². The van der Waals surface area contributed by atoms with E-state index in [2.05, 4.69) is 10.6 Å². The summed E-state index contributed by atoms with van der Waals surface area (Å²) in [6.07, 6.45) is 0.500. The molecule has 2 aromatic carbocycles. The number of carboxylic acid groups (broad SMARTS) is 1. The highest BCUT2D eigenvalue weighted by Crippen LogP contribution is 2.54. The maximum atomic E-state index is 13.7. The van der Waals surface area contributed by atoms with E-state index in [9.17, 15) is 24.3 Å². The molecule has 2 fully saturated rings. The van der Waals surface area contributed by atoms with Crippen molar-refractivity contribution in [1.29, 1.82) is 0 Å². The number of anilines is 1. The van der Waals surface area contributed by atoms with Crippen LogP contribution >= 0.6 is 0 Å².